The summed E-state index contributed by atoms with van der Waals surface area (Å²) in [7, 11) is 0. The summed E-state index contributed by atoms with van der Waals surface area (Å²) in [4.78, 5) is 47.7. The molecular weight excluding hydrogens is 533 g/mol. The zero-order valence-corrected chi connectivity index (χ0v) is 24.6. The highest BCUT2D eigenvalue weighted by Crippen LogP contribution is 2.37. The van der Waals surface area contributed by atoms with Crippen molar-refractivity contribution in [1.29, 1.82) is 0 Å². The van der Waals surface area contributed by atoms with E-state index in [1.54, 1.807) is 38.1 Å². The number of alkyl halides is 1. The van der Waals surface area contributed by atoms with Crippen LogP contribution in [0.25, 0.3) is 0 Å². The molecule has 2 unspecified atom stereocenters. The Kier molecular flexibility index (Phi) is 13.5. The molecule has 0 aliphatic heterocycles. The monoisotopic (exact) mass is 573 g/mol. The van der Waals surface area contributed by atoms with Crippen molar-refractivity contribution in [3.8, 4) is 0 Å². The fourth-order valence-corrected chi connectivity index (χ4v) is 5.55. The van der Waals surface area contributed by atoms with Crippen molar-refractivity contribution in [3.05, 3.63) is 76.2 Å². The van der Waals surface area contributed by atoms with Crippen LogP contribution in [0.4, 0.5) is 4.39 Å². The Balaban J connectivity index is 2.24. The summed E-state index contributed by atoms with van der Waals surface area (Å²) in [6.45, 7) is 6.95. The quantitative estimate of drug-likeness (QED) is 0.155. The summed E-state index contributed by atoms with van der Waals surface area (Å²) in [6.07, 6.45) is 1.71. The van der Waals surface area contributed by atoms with Gasteiger partial charge in [0, 0.05) is 11.1 Å². The second-order valence-electron chi connectivity index (χ2n) is 10.8. The minimum absolute atomic E-state index is 0.0215. The van der Waals surface area contributed by atoms with Crippen LogP contribution in [0.5, 0.6) is 0 Å². The maximum Gasteiger partial charge on any atom is 0.319 e. The van der Waals surface area contributed by atoms with Crippen LogP contribution in [0.3, 0.4) is 0 Å². The molecular formula is C31H40FNO6S. The lowest BCUT2D eigenvalue weighted by Gasteiger charge is -2.32. The summed E-state index contributed by atoms with van der Waals surface area (Å²) in [5.74, 6) is -1.31. The molecule has 0 aliphatic rings. The van der Waals surface area contributed by atoms with E-state index in [9.17, 15) is 19.3 Å². The third-order valence-electron chi connectivity index (χ3n) is 6.84. The molecule has 7 nitrogen and oxygen atoms in total. The van der Waals surface area contributed by atoms with E-state index >= 15 is 4.39 Å². The molecule has 0 heterocycles. The molecule has 0 bridgehead atoms. The first-order chi connectivity index (χ1) is 19.1. The lowest BCUT2D eigenvalue weighted by Crippen LogP contribution is -2.40. The number of benzene rings is 2. The van der Waals surface area contributed by atoms with Crippen molar-refractivity contribution in [2.24, 2.45) is 16.5 Å². The van der Waals surface area contributed by atoms with Crippen LogP contribution >= 0.6 is 11.8 Å². The van der Waals surface area contributed by atoms with Crippen LogP contribution in [0, 0.1) is 16.2 Å². The van der Waals surface area contributed by atoms with Crippen molar-refractivity contribution in [3.63, 3.8) is 0 Å². The molecule has 0 aromatic heterocycles. The van der Waals surface area contributed by atoms with Gasteiger partial charge in [0.1, 0.15) is 18.7 Å². The maximum atomic E-state index is 15.1. The summed E-state index contributed by atoms with van der Waals surface area (Å²) in [5, 5.41) is 2.51. The molecule has 40 heavy (non-hydrogen) atoms. The second kappa shape index (κ2) is 16.3. The Labute approximate surface area is 240 Å². The molecule has 0 spiro atoms. The Morgan fingerprint density at radius 1 is 1.00 bits per heavy atom. The van der Waals surface area contributed by atoms with Gasteiger partial charge in [-0.15, -0.1) is 16.7 Å². The van der Waals surface area contributed by atoms with Crippen molar-refractivity contribution < 1.29 is 28.2 Å². The number of ether oxygens (including phenoxy) is 2. The highest BCUT2D eigenvalue weighted by atomic mass is 32.2. The van der Waals surface area contributed by atoms with Gasteiger partial charge in [-0.3, -0.25) is 14.4 Å². The van der Waals surface area contributed by atoms with Crippen molar-refractivity contribution in [1.82, 2.24) is 0 Å². The fourth-order valence-electron chi connectivity index (χ4n) is 4.51. The molecule has 2 atom stereocenters. The molecule has 2 rings (SSSR count). The van der Waals surface area contributed by atoms with Crippen molar-refractivity contribution >= 4 is 29.6 Å². The minimum atomic E-state index is -1.53. The number of carbonyl (C=O) groups is 3. The summed E-state index contributed by atoms with van der Waals surface area (Å²) in [6, 6.07) is 16.1. The van der Waals surface area contributed by atoms with Gasteiger partial charge in [-0.05, 0) is 54.0 Å². The zero-order valence-electron chi connectivity index (χ0n) is 23.8. The SMILES string of the molecule is CCOC(=O)CSCC(C)(C)CCCC(CF)(C(=O)OCc1ccccc1)c1cccc(CC(C)C(=O)N=O)c1. The second-order valence-corrected chi connectivity index (χ2v) is 11.8. The molecule has 218 valence electrons. The van der Waals surface area contributed by atoms with E-state index < -0.39 is 29.9 Å². The Morgan fingerprint density at radius 3 is 2.35 bits per heavy atom. The van der Waals surface area contributed by atoms with Gasteiger partial charge in [0.15, 0.2) is 0 Å². The van der Waals surface area contributed by atoms with E-state index in [0.29, 0.717) is 36.3 Å². The molecule has 2 aromatic carbocycles. The molecule has 0 radical (unpaired) electrons. The lowest BCUT2D eigenvalue weighted by molar-refractivity contribution is -0.153. The lowest BCUT2D eigenvalue weighted by atomic mass is 9.75. The number of halogens is 1. The van der Waals surface area contributed by atoms with Crippen LogP contribution in [0.15, 0.2) is 59.8 Å². The summed E-state index contributed by atoms with van der Waals surface area (Å²) < 4.78 is 25.7. The van der Waals surface area contributed by atoms with Gasteiger partial charge < -0.3 is 9.47 Å². The molecule has 0 saturated heterocycles. The highest BCUT2D eigenvalue weighted by molar-refractivity contribution is 7.99. The predicted octanol–water partition coefficient (Wildman–Crippen LogP) is 6.60. The molecule has 0 saturated carbocycles. The first-order valence-corrected chi connectivity index (χ1v) is 14.7. The maximum absolute atomic E-state index is 15.1. The summed E-state index contributed by atoms with van der Waals surface area (Å²) in [5.41, 5.74) is 0.276. The molecule has 2 aromatic rings. The van der Waals surface area contributed by atoms with E-state index in [1.807, 2.05) is 30.3 Å². The molecule has 0 N–H and O–H groups in total. The van der Waals surface area contributed by atoms with E-state index in [0.717, 1.165) is 5.56 Å². The third kappa shape index (κ3) is 10.2. The van der Waals surface area contributed by atoms with E-state index in [4.69, 9.17) is 9.47 Å². The van der Waals surface area contributed by atoms with Crippen LogP contribution in [-0.4, -0.2) is 42.6 Å². The Morgan fingerprint density at radius 2 is 1.70 bits per heavy atom. The number of hydrogen-bond donors (Lipinski definition) is 0. The number of thioether (sulfide) groups is 1. The van der Waals surface area contributed by atoms with Crippen LogP contribution in [0.2, 0.25) is 0 Å². The van der Waals surface area contributed by atoms with Gasteiger partial charge in [0.2, 0.25) is 0 Å². The Bertz CT molecular complexity index is 1130. The van der Waals surface area contributed by atoms with Gasteiger partial charge in [-0.25, -0.2) is 4.39 Å². The average molecular weight is 574 g/mol. The predicted molar refractivity (Wildman–Crippen MR) is 156 cm³/mol. The van der Waals surface area contributed by atoms with Crippen LogP contribution in [-0.2, 0) is 42.3 Å². The number of esters is 2. The molecule has 0 fully saturated rings. The topological polar surface area (TPSA) is 99.1 Å². The standard InChI is InChI=1S/C31H40FNO6S/c1-5-38-27(34)20-40-22-30(3,4)15-10-16-31(21-32,29(36)39-19-24-11-7-6-8-12-24)26-14-9-13-25(18-26)17-23(2)28(35)33-37/h6-9,11-14,18,23H,5,10,15-17,19-22H2,1-4H3. The average Bonchev–Trinajstić information content (AvgIpc) is 2.94. The van der Waals surface area contributed by atoms with Gasteiger partial charge in [-0.1, -0.05) is 81.8 Å². The molecule has 0 aliphatic carbocycles. The number of nitrogens with zero attached hydrogens (tertiary/aromatic N) is 1. The minimum Gasteiger partial charge on any atom is -0.465 e. The van der Waals surface area contributed by atoms with E-state index in [1.165, 1.54) is 11.8 Å². The molecule has 1 amide bonds. The van der Waals surface area contributed by atoms with Crippen molar-refractivity contribution in [2.45, 2.75) is 65.4 Å². The van der Waals surface area contributed by atoms with Gasteiger partial charge >= 0.3 is 11.9 Å². The van der Waals surface area contributed by atoms with Gasteiger partial charge in [0.05, 0.1) is 12.4 Å². The first kappa shape index (κ1) is 33.1. The number of hydrogen-bond acceptors (Lipinski definition) is 7. The summed E-state index contributed by atoms with van der Waals surface area (Å²) >= 11 is 1.49. The number of nitroso groups, excluding NO2 is 1. The normalized spacial score (nSPS) is 13.6. The number of rotatable bonds is 17. The fraction of sp³-hybridized carbons (Fsp3) is 0.516. The zero-order chi connectivity index (χ0) is 29.6. The Hall–Kier alpha value is -3.07. The number of amides is 1. The van der Waals surface area contributed by atoms with Crippen molar-refractivity contribution in [2.75, 3.05) is 24.8 Å². The van der Waals surface area contributed by atoms with Crippen LogP contribution < -0.4 is 0 Å². The van der Waals surface area contributed by atoms with E-state index in [2.05, 4.69) is 19.0 Å². The van der Waals surface area contributed by atoms with Gasteiger partial charge in [0.25, 0.3) is 5.91 Å². The van der Waals surface area contributed by atoms with E-state index in [-0.39, 0.29) is 36.6 Å². The van der Waals surface area contributed by atoms with Crippen LogP contribution in [0.1, 0.15) is 63.6 Å². The number of carbonyl (C=O) groups excluding carboxylic acids is 3. The largest absolute Gasteiger partial charge is 0.465 e. The highest BCUT2D eigenvalue weighted by Gasteiger charge is 2.42. The first-order valence-electron chi connectivity index (χ1n) is 13.5. The third-order valence-corrected chi connectivity index (χ3v) is 8.27. The smallest absolute Gasteiger partial charge is 0.319 e. The molecule has 9 heteroatoms. The van der Waals surface area contributed by atoms with Gasteiger partial charge in [-0.2, -0.15) is 0 Å².